The third kappa shape index (κ3) is 4.47. The Labute approximate surface area is 102 Å². The first-order chi connectivity index (χ1) is 8.10. The second kappa shape index (κ2) is 6.75. The number of aromatic nitrogens is 1. The zero-order valence-electron chi connectivity index (χ0n) is 10.1. The third-order valence-electron chi connectivity index (χ3n) is 2.14. The van der Waals surface area contributed by atoms with Crippen LogP contribution in [0.5, 0.6) is 0 Å². The summed E-state index contributed by atoms with van der Waals surface area (Å²) in [6.07, 6.45) is 1.48. The Balaban J connectivity index is 2.56. The average molecular weight is 261 g/mol. The minimum atomic E-state index is -3.43. The Kier molecular flexibility index (Phi) is 5.63. The van der Waals surface area contributed by atoms with Gasteiger partial charge in [0.05, 0.1) is 11.5 Å². The molecule has 3 N–H and O–H groups in total. The molecule has 0 atom stereocenters. The van der Waals surface area contributed by atoms with Crippen LogP contribution >= 0.6 is 0 Å². The van der Waals surface area contributed by atoms with Gasteiger partial charge < -0.3 is 15.0 Å². The second-order valence-electron chi connectivity index (χ2n) is 3.49. The lowest BCUT2D eigenvalue weighted by atomic mass is 10.4. The van der Waals surface area contributed by atoms with E-state index in [0.29, 0.717) is 19.8 Å². The van der Waals surface area contributed by atoms with Gasteiger partial charge in [0.25, 0.3) is 0 Å². The lowest BCUT2D eigenvalue weighted by Gasteiger charge is -2.04. The van der Waals surface area contributed by atoms with E-state index < -0.39 is 10.0 Å². The summed E-state index contributed by atoms with van der Waals surface area (Å²) in [5.74, 6) is 0. The minimum Gasteiger partial charge on any atom is -0.380 e. The van der Waals surface area contributed by atoms with E-state index in [-0.39, 0.29) is 11.4 Å². The highest BCUT2D eigenvalue weighted by atomic mass is 32.2. The summed E-state index contributed by atoms with van der Waals surface area (Å²) in [4.78, 5) is 3.15. The largest absolute Gasteiger partial charge is 0.380 e. The standard InChI is InChI=1S/C10H19N3O3S/c1-3-16-5-4-13-17(14,15)10-6-9(7-11-2)12-8-10/h6,8,11-13H,3-5,7H2,1-2H3. The quantitative estimate of drug-likeness (QED) is 0.577. The fourth-order valence-corrected chi connectivity index (χ4v) is 2.37. The van der Waals surface area contributed by atoms with Crippen LogP contribution in [0.15, 0.2) is 17.2 Å². The van der Waals surface area contributed by atoms with Crippen molar-refractivity contribution < 1.29 is 13.2 Å². The molecule has 0 aliphatic heterocycles. The van der Waals surface area contributed by atoms with Crippen LogP contribution in [0.1, 0.15) is 12.6 Å². The molecule has 1 heterocycles. The van der Waals surface area contributed by atoms with E-state index >= 15 is 0 Å². The van der Waals surface area contributed by atoms with Crippen molar-refractivity contribution in [2.45, 2.75) is 18.4 Å². The summed E-state index contributed by atoms with van der Waals surface area (Å²) < 4.78 is 31.1. The van der Waals surface area contributed by atoms with Crippen LogP contribution in [-0.2, 0) is 21.3 Å². The summed E-state index contributed by atoms with van der Waals surface area (Å²) >= 11 is 0. The fraction of sp³-hybridized carbons (Fsp3) is 0.600. The predicted octanol–water partition coefficient (Wildman–Crippen LogP) is 0.0489. The molecule has 0 aliphatic carbocycles. The van der Waals surface area contributed by atoms with Crippen molar-refractivity contribution in [1.29, 1.82) is 0 Å². The zero-order chi connectivity index (χ0) is 12.7. The number of ether oxygens (including phenoxy) is 1. The smallest absolute Gasteiger partial charge is 0.242 e. The van der Waals surface area contributed by atoms with Gasteiger partial charge in [0.15, 0.2) is 0 Å². The molecule has 0 saturated heterocycles. The Hall–Kier alpha value is -0.890. The van der Waals surface area contributed by atoms with Crippen molar-refractivity contribution in [3.63, 3.8) is 0 Å². The molecule has 0 unspecified atom stereocenters. The lowest BCUT2D eigenvalue weighted by Crippen LogP contribution is -2.27. The molecule has 17 heavy (non-hydrogen) atoms. The topological polar surface area (TPSA) is 83.2 Å². The molecule has 6 nitrogen and oxygen atoms in total. The number of aromatic amines is 1. The minimum absolute atomic E-state index is 0.249. The van der Waals surface area contributed by atoms with Crippen molar-refractivity contribution in [2.24, 2.45) is 0 Å². The van der Waals surface area contributed by atoms with Gasteiger partial charge in [0, 0.05) is 31.6 Å². The normalized spacial score (nSPS) is 11.9. The molecule has 0 aliphatic rings. The van der Waals surface area contributed by atoms with E-state index in [9.17, 15) is 8.42 Å². The molecule has 1 aromatic rings. The highest BCUT2D eigenvalue weighted by Crippen LogP contribution is 2.09. The molecule has 0 saturated carbocycles. The first kappa shape index (κ1) is 14.2. The van der Waals surface area contributed by atoms with Gasteiger partial charge in [-0.15, -0.1) is 0 Å². The number of H-pyrrole nitrogens is 1. The van der Waals surface area contributed by atoms with Crippen LogP contribution in [0.25, 0.3) is 0 Å². The summed E-state index contributed by atoms with van der Waals surface area (Å²) in [5, 5.41) is 2.94. The van der Waals surface area contributed by atoms with Crippen LogP contribution in [0, 0.1) is 0 Å². The molecular formula is C10H19N3O3S. The summed E-state index contributed by atoms with van der Waals surface area (Å²) in [6.45, 7) is 3.71. The molecule has 1 rings (SSSR count). The van der Waals surface area contributed by atoms with Crippen LogP contribution in [-0.4, -0.2) is 40.2 Å². The van der Waals surface area contributed by atoms with E-state index in [1.54, 1.807) is 13.1 Å². The van der Waals surface area contributed by atoms with Crippen molar-refractivity contribution in [3.05, 3.63) is 18.0 Å². The van der Waals surface area contributed by atoms with E-state index in [4.69, 9.17) is 4.74 Å². The molecule has 0 spiro atoms. The number of sulfonamides is 1. The van der Waals surface area contributed by atoms with Crippen LogP contribution in [0.2, 0.25) is 0 Å². The van der Waals surface area contributed by atoms with Gasteiger partial charge in [-0.05, 0) is 20.0 Å². The highest BCUT2D eigenvalue weighted by Gasteiger charge is 2.14. The Morgan fingerprint density at radius 1 is 1.47 bits per heavy atom. The summed E-state index contributed by atoms with van der Waals surface area (Å²) in [7, 11) is -1.63. The Bertz CT molecular complexity index is 428. The fourth-order valence-electron chi connectivity index (χ4n) is 1.34. The van der Waals surface area contributed by atoms with Crippen molar-refractivity contribution >= 4 is 10.0 Å². The molecule has 0 bridgehead atoms. The van der Waals surface area contributed by atoms with E-state index in [0.717, 1.165) is 5.69 Å². The Morgan fingerprint density at radius 3 is 2.88 bits per heavy atom. The molecule has 1 aromatic heterocycles. The molecule has 0 fully saturated rings. The van der Waals surface area contributed by atoms with Crippen LogP contribution in [0.4, 0.5) is 0 Å². The number of nitrogens with one attached hydrogen (secondary N) is 3. The van der Waals surface area contributed by atoms with Crippen LogP contribution < -0.4 is 10.0 Å². The average Bonchev–Trinajstić information content (AvgIpc) is 2.74. The first-order valence-electron chi connectivity index (χ1n) is 5.49. The van der Waals surface area contributed by atoms with E-state index in [1.165, 1.54) is 6.20 Å². The Morgan fingerprint density at radius 2 is 2.24 bits per heavy atom. The maximum Gasteiger partial charge on any atom is 0.242 e. The van der Waals surface area contributed by atoms with E-state index in [1.807, 2.05) is 6.92 Å². The van der Waals surface area contributed by atoms with Crippen molar-refractivity contribution in [3.8, 4) is 0 Å². The summed E-state index contributed by atoms with van der Waals surface area (Å²) in [5.41, 5.74) is 0.831. The molecule has 0 aromatic carbocycles. The molecule has 98 valence electrons. The maximum absolute atomic E-state index is 11.8. The monoisotopic (exact) mass is 261 g/mol. The second-order valence-corrected chi connectivity index (χ2v) is 5.25. The third-order valence-corrected chi connectivity index (χ3v) is 3.58. The predicted molar refractivity (Wildman–Crippen MR) is 65.2 cm³/mol. The molecule has 0 radical (unpaired) electrons. The van der Waals surface area contributed by atoms with Gasteiger partial charge in [-0.1, -0.05) is 0 Å². The maximum atomic E-state index is 11.8. The van der Waals surface area contributed by atoms with E-state index in [2.05, 4.69) is 15.0 Å². The van der Waals surface area contributed by atoms with Gasteiger partial charge in [0.1, 0.15) is 0 Å². The van der Waals surface area contributed by atoms with Crippen molar-refractivity contribution in [2.75, 3.05) is 26.8 Å². The van der Waals surface area contributed by atoms with Gasteiger partial charge in [-0.25, -0.2) is 13.1 Å². The SMILES string of the molecule is CCOCCNS(=O)(=O)c1c[nH]c(CNC)c1. The zero-order valence-corrected chi connectivity index (χ0v) is 10.9. The van der Waals surface area contributed by atoms with Gasteiger partial charge in [-0.3, -0.25) is 0 Å². The van der Waals surface area contributed by atoms with Gasteiger partial charge in [-0.2, -0.15) is 0 Å². The van der Waals surface area contributed by atoms with Gasteiger partial charge >= 0.3 is 0 Å². The summed E-state index contributed by atoms with van der Waals surface area (Å²) in [6, 6.07) is 1.61. The number of hydrogen-bond acceptors (Lipinski definition) is 4. The highest BCUT2D eigenvalue weighted by molar-refractivity contribution is 7.89. The van der Waals surface area contributed by atoms with Gasteiger partial charge in [0.2, 0.25) is 10.0 Å². The molecular weight excluding hydrogens is 242 g/mol. The van der Waals surface area contributed by atoms with Crippen molar-refractivity contribution in [1.82, 2.24) is 15.0 Å². The van der Waals surface area contributed by atoms with Crippen LogP contribution in [0.3, 0.4) is 0 Å². The molecule has 0 amide bonds. The number of hydrogen-bond donors (Lipinski definition) is 3. The first-order valence-corrected chi connectivity index (χ1v) is 6.97. The number of rotatable bonds is 8. The molecule has 7 heteroatoms. The lowest BCUT2D eigenvalue weighted by molar-refractivity contribution is 0.153.